The van der Waals surface area contributed by atoms with Gasteiger partial charge in [-0.3, -0.25) is 0 Å². The highest BCUT2D eigenvalue weighted by molar-refractivity contribution is 5.32. The van der Waals surface area contributed by atoms with Gasteiger partial charge in [-0.1, -0.05) is 24.3 Å². The first-order chi connectivity index (χ1) is 7.27. The molecule has 1 N–H and O–H groups in total. The summed E-state index contributed by atoms with van der Waals surface area (Å²) in [6, 6.07) is 10.1. The maximum Gasteiger partial charge on any atom is 0.0991 e. The maximum absolute atomic E-state index is 8.67. The number of rotatable bonds is 4. The Labute approximate surface area is 91.2 Å². The minimum atomic E-state index is 0.314. The van der Waals surface area contributed by atoms with Crippen LogP contribution in [0.15, 0.2) is 36.4 Å². The minimum absolute atomic E-state index is 0.314. The van der Waals surface area contributed by atoms with Crippen LogP contribution in [0.3, 0.4) is 0 Å². The topological polar surface area (TPSA) is 35.8 Å². The van der Waals surface area contributed by atoms with Crippen LogP contribution >= 0.6 is 0 Å². The molecule has 0 aromatic heterocycles. The van der Waals surface area contributed by atoms with Crippen LogP contribution in [0.2, 0.25) is 0 Å². The third kappa shape index (κ3) is 3.57. The highest BCUT2D eigenvalue weighted by atomic mass is 14.9. The van der Waals surface area contributed by atoms with Crippen molar-refractivity contribution in [2.75, 3.05) is 6.54 Å². The second kappa shape index (κ2) is 6.00. The van der Waals surface area contributed by atoms with Gasteiger partial charge in [0.05, 0.1) is 11.6 Å². The van der Waals surface area contributed by atoms with Gasteiger partial charge >= 0.3 is 0 Å². The minimum Gasteiger partial charge on any atom is -0.307 e. The Morgan fingerprint density at radius 2 is 2.07 bits per heavy atom. The number of allylic oxidation sites excluding steroid dienone is 1. The first kappa shape index (κ1) is 11.5. The first-order valence-electron chi connectivity index (χ1n) is 5.12. The van der Waals surface area contributed by atoms with Gasteiger partial charge in [-0.25, -0.2) is 0 Å². The number of nitrogens with one attached hydrogen (secondary N) is 1. The predicted octanol–water partition coefficient (Wildman–Crippen LogP) is 2.78. The van der Waals surface area contributed by atoms with Crippen molar-refractivity contribution in [3.63, 3.8) is 0 Å². The van der Waals surface area contributed by atoms with Crippen LogP contribution in [0, 0.1) is 11.3 Å². The highest BCUT2D eigenvalue weighted by Gasteiger charge is 2.02. The Balaban J connectivity index is 2.58. The Kier molecular flexibility index (Phi) is 4.59. The van der Waals surface area contributed by atoms with E-state index in [1.54, 1.807) is 0 Å². The Hall–Kier alpha value is -1.59. The summed E-state index contributed by atoms with van der Waals surface area (Å²) in [5.74, 6) is 0. The van der Waals surface area contributed by atoms with Crippen molar-refractivity contribution in [2.45, 2.75) is 19.9 Å². The van der Waals surface area contributed by atoms with E-state index in [0.717, 1.165) is 6.54 Å². The molecule has 15 heavy (non-hydrogen) atoms. The summed E-state index contributed by atoms with van der Waals surface area (Å²) in [4.78, 5) is 0. The number of benzene rings is 1. The van der Waals surface area contributed by atoms with Gasteiger partial charge in [0, 0.05) is 12.6 Å². The van der Waals surface area contributed by atoms with Crippen LogP contribution in [0.1, 0.15) is 31.0 Å². The molecule has 78 valence electrons. The smallest absolute Gasteiger partial charge is 0.0991 e. The van der Waals surface area contributed by atoms with E-state index >= 15 is 0 Å². The molecule has 0 aliphatic rings. The van der Waals surface area contributed by atoms with E-state index in [9.17, 15) is 0 Å². The molecule has 0 heterocycles. The summed E-state index contributed by atoms with van der Waals surface area (Å²) < 4.78 is 0. The summed E-state index contributed by atoms with van der Waals surface area (Å²) in [5.41, 5.74) is 1.91. The first-order valence-corrected chi connectivity index (χ1v) is 5.12. The van der Waals surface area contributed by atoms with Gasteiger partial charge in [-0.15, -0.1) is 0 Å². The standard InChI is InChI=1S/C13H16N2/c1-3-4-9-15-11(2)13-7-5-12(10-14)6-8-13/h3-8,11,15H,9H2,1-2H3/b4-3+. The Morgan fingerprint density at radius 1 is 1.40 bits per heavy atom. The molecule has 1 atom stereocenters. The number of hydrogen-bond donors (Lipinski definition) is 1. The van der Waals surface area contributed by atoms with Gasteiger partial charge in [0.25, 0.3) is 0 Å². The highest BCUT2D eigenvalue weighted by Crippen LogP contribution is 2.12. The molecule has 0 saturated carbocycles. The van der Waals surface area contributed by atoms with E-state index in [-0.39, 0.29) is 0 Å². The summed E-state index contributed by atoms with van der Waals surface area (Å²) in [5, 5.41) is 12.0. The van der Waals surface area contributed by atoms with E-state index < -0.39 is 0 Å². The van der Waals surface area contributed by atoms with E-state index in [4.69, 9.17) is 5.26 Å². The maximum atomic E-state index is 8.67. The van der Waals surface area contributed by atoms with E-state index in [1.165, 1.54) is 5.56 Å². The summed E-state index contributed by atoms with van der Waals surface area (Å²) in [7, 11) is 0. The number of hydrogen-bond acceptors (Lipinski definition) is 2. The van der Waals surface area contributed by atoms with Gasteiger partial charge in [0.15, 0.2) is 0 Å². The molecule has 0 bridgehead atoms. The molecule has 1 rings (SSSR count). The number of nitrogens with zero attached hydrogens (tertiary/aromatic N) is 1. The van der Waals surface area contributed by atoms with Crippen LogP contribution in [0.4, 0.5) is 0 Å². The molecule has 1 unspecified atom stereocenters. The molecule has 1 aromatic carbocycles. The zero-order valence-corrected chi connectivity index (χ0v) is 9.20. The normalized spacial score (nSPS) is 12.6. The average Bonchev–Trinajstić information content (AvgIpc) is 2.29. The second-order valence-electron chi connectivity index (χ2n) is 3.43. The quantitative estimate of drug-likeness (QED) is 0.758. The van der Waals surface area contributed by atoms with Crippen molar-refractivity contribution in [3.8, 4) is 6.07 Å². The molecule has 0 aliphatic carbocycles. The second-order valence-corrected chi connectivity index (χ2v) is 3.43. The average molecular weight is 200 g/mol. The molecule has 0 spiro atoms. The predicted molar refractivity (Wildman–Crippen MR) is 62.4 cm³/mol. The van der Waals surface area contributed by atoms with Crippen molar-refractivity contribution < 1.29 is 0 Å². The molecule has 0 aliphatic heterocycles. The van der Waals surface area contributed by atoms with Crippen molar-refractivity contribution in [1.29, 1.82) is 5.26 Å². The summed E-state index contributed by atoms with van der Waals surface area (Å²) in [6.07, 6.45) is 4.11. The fourth-order valence-electron chi connectivity index (χ4n) is 1.33. The third-order valence-corrected chi connectivity index (χ3v) is 2.32. The van der Waals surface area contributed by atoms with Gasteiger partial charge in [-0.05, 0) is 31.5 Å². The van der Waals surface area contributed by atoms with Crippen LogP contribution in [-0.2, 0) is 0 Å². The van der Waals surface area contributed by atoms with E-state index in [0.29, 0.717) is 11.6 Å². The molecule has 0 saturated heterocycles. The molecule has 0 fully saturated rings. The largest absolute Gasteiger partial charge is 0.307 e. The molecule has 2 heteroatoms. The lowest BCUT2D eigenvalue weighted by molar-refractivity contribution is 0.617. The SMILES string of the molecule is C/C=C/CNC(C)c1ccc(C#N)cc1. The molecule has 1 aromatic rings. The molecule has 0 radical (unpaired) electrons. The fraction of sp³-hybridized carbons (Fsp3) is 0.308. The van der Waals surface area contributed by atoms with Gasteiger partial charge in [0.1, 0.15) is 0 Å². The van der Waals surface area contributed by atoms with Gasteiger partial charge in [0.2, 0.25) is 0 Å². The zero-order chi connectivity index (χ0) is 11.1. The van der Waals surface area contributed by atoms with Crippen molar-refractivity contribution >= 4 is 0 Å². The van der Waals surface area contributed by atoms with Crippen LogP contribution in [-0.4, -0.2) is 6.54 Å². The Bertz CT molecular complexity index is 357. The van der Waals surface area contributed by atoms with Gasteiger partial charge < -0.3 is 5.32 Å². The van der Waals surface area contributed by atoms with Crippen LogP contribution in [0.25, 0.3) is 0 Å². The molecular formula is C13H16N2. The lowest BCUT2D eigenvalue weighted by Crippen LogP contribution is -2.18. The third-order valence-electron chi connectivity index (χ3n) is 2.32. The Morgan fingerprint density at radius 3 is 2.60 bits per heavy atom. The van der Waals surface area contributed by atoms with Crippen molar-refractivity contribution in [1.82, 2.24) is 5.32 Å². The van der Waals surface area contributed by atoms with Crippen LogP contribution in [0.5, 0.6) is 0 Å². The van der Waals surface area contributed by atoms with Crippen molar-refractivity contribution in [2.24, 2.45) is 0 Å². The number of nitriles is 1. The lowest BCUT2D eigenvalue weighted by Gasteiger charge is -2.12. The van der Waals surface area contributed by atoms with Gasteiger partial charge in [-0.2, -0.15) is 5.26 Å². The molecule has 0 amide bonds. The van der Waals surface area contributed by atoms with Crippen molar-refractivity contribution in [3.05, 3.63) is 47.5 Å². The van der Waals surface area contributed by atoms with Crippen LogP contribution < -0.4 is 5.32 Å². The zero-order valence-electron chi connectivity index (χ0n) is 9.20. The summed E-state index contributed by atoms with van der Waals surface area (Å²) >= 11 is 0. The molecular weight excluding hydrogens is 184 g/mol. The fourth-order valence-corrected chi connectivity index (χ4v) is 1.33. The molecule has 2 nitrogen and oxygen atoms in total. The van der Waals surface area contributed by atoms with E-state index in [2.05, 4.69) is 24.4 Å². The lowest BCUT2D eigenvalue weighted by atomic mass is 10.1. The van der Waals surface area contributed by atoms with E-state index in [1.807, 2.05) is 37.3 Å². The summed E-state index contributed by atoms with van der Waals surface area (Å²) in [6.45, 7) is 5.00. The monoisotopic (exact) mass is 200 g/mol.